The molecule has 0 saturated carbocycles. The van der Waals surface area contributed by atoms with E-state index in [1.807, 2.05) is 13.8 Å². The Hall–Kier alpha value is -5.65. The molecule has 3 aromatic carbocycles. The number of aromatic nitrogens is 1. The van der Waals surface area contributed by atoms with Gasteiger partial charge in [-0.25, -0.2) is 0 Å². The molecule has 1 unspecified atom stereocenters. The van der Waals surface area contributed by atoms with Gasteiger partial charge in [0.1, 0.15) is 28.2 Å². The van der Waals surface area contributed by atoms with Gasteiger partial charge >= 0.3 is 5.97 Å². The Morgan fingerprint density at radius 2 is 1.62 bits per heavy atom. The third-order valence-corrected chi connectivity index (χ3v) is 7.57. The molecule has 5 N–H and O–H groups in total. The predicted octanol–water partition coefficient (Wildman–Crippen LogP) is 4.66. The van der Waals surface area contributed by atoms with Gasteiger partial charge in [-0.1, -0.05) is 13.8 Å². The van der Waals surface area contributed by atoms with E-state index < -0.39 is 74.8 Å². The van der Waals surface area contributed by atoms with Gasteiger partial charge in [0.2, 0.25) is 11.2 Å². The summed E-state index contributed by atoms with van der Waals surface area (Å²) in [5, 5.41) is 52.7. The van der Waals surface area contributed by atoms with Gasteiger partial charge in [-0.2, -0.15) is 0 Å². The normalized spacial score (nSPS) is 12.1. The Labute approximate surface area is 255 Å². The van der Waals surface area contributed by atoms with E-state index in [0.717, 1.165) is 25.3 Å². The van der Waals surface area contributed by atoms with Crippen LogP contribution in [0.3, 0.4) is 0 Å². The summed E-state index contributed by atoms with van der Waals surface area (Å²) in [7, 11) is 2.65. The van der Waals surface area contributed by atoms with Gasteiger partial charge in [-0.05, 0) is 48.4 Å². The molecule has 0 aliphatic rings. The maximum Gasteiger partial charge on any atom is 0.306 e. The summed E-state index contributed by atoms with van der Waals surface area (Å²) in [6, 6.07) is 11.0. The number of methoxy groups -OCH3 is 2. The Bertz CT molecular complexity index is 2090. The number of benzene rings is 3. The topological polar surface area (TPSA) is 189 Å². The van der Waals surface area contributed by atoms with Crippen molar-refractivity contribution < 1.29 is 44.2 Å². The minimum atomic E-state index is -1.28. The molecule has 45 heavy (non-hydrogen) atoms. The van der Waals surface area contributed by atoms with E-state index in [1.54, 1.807) is 28.8 Å². The summed E-state index contributed by atoms with van der Waals surface area (Å²) in [5.41, 5.74) is -1.59. The summed E-state index contributed by atoms with van der Waals surface area (Å²) >= 11 is 0. The van der Waals surface area contributed by atoms with Crippen molar-refractivity contribution in [1.82, 2.24) is 4.57 Å². The van der Waals surface area contributed by atoms with Crippen LogP contribution in [0, 0.1) is 5.92 Å². The monoisotopic (exact) mass is 617 g/mol. The molecule has 0 bridgehead atoms. The lowest BCUT2D eigenvalue weighted by atomic mass is 9.86. The van der Waals surface area contributed by atoms with Crippen molar-refractivity contribution in [3.8, 4) is 45.8 Å². The van der Waals surface area contributed by atoms with Crippen LogP contribution in [0.4, 0.5) is 0 Å². The first-order valence-corrected chi connectivity index (χ1v) is 13.9. The van der Waals surface area contributed by atoms with Gasteiger partial charge in [0.25, 0.3) is 5.56 Å². The summed E-state index contributed by atoms with van der Waals surface area (Å²) in [5.74, 6) is -5.27. The second-order valence-electron chi connectivity index (χ2n) is 11.0. The van der Waals surface area contributed by atoms with Crippen molar-refractivity contribution in [2.75, 3.05) is 14.2 Å². The van der Waals surface area contributed by atoms with Crippen LogP contribution in [-0.4, -0.2) is 50.3 Å². The van der Waals surface area contributed by atoms with E-state index in [1.165, 1.54) is 13.2 Å². The van der Waals surface area contributed by atoms with Crippen LogP contribution < -0.4 is 15.7 Å². The van der Waals surface area contributed by atoms with Gasteiger partial charge in [-0.3, -0.25) is 14.4 Å². The fourth-order valence-electron chi connectivity index (χ4n) is 5.47. The van der Waals surface area contributed by atoms with Crippen molar-refractivity contribution in [1.29, 1.82) is 0 Å². The van der Waals surface area contributed by atoms with Gasteiger partial charge in [-0.15, -0.1) is 0 Å². The number of phenols is 4. The number of nitrogens with zero attached hydrogens (tertiary/aromatic N) is 1. The molecule has 0 saturated heterocycles. The molecule has 1 atom stereocenters. The van der Waals surface area contributed by atoms with Crippen molar-refractivity contribution in [2.24, 2.45) is 5.92 Å². The molecule has 12 heteroatoms. The minimum absolute atomic E-state index is 0.0304. The lowest BCUT2D eigenvalue weighted by Crippen LogP contribution is -2.29. The Morgan fingerprint density at radius 1 is 0.889 bits per heavy atom. The predicted molar refractivity (Wildman–Crippen MR) is 164 cm³/mol. The lowest BCUT2D eigenvalue weighted by molar-refractivity contribution is -0.140. The lowest BCUT2D eigenvalue weighted by Gasteiger charge is -2.22. The van der Waals surface area contributed by atoms with Crippen molar-refractivity contribution >= 4 is 27.8 Å². The molecule has 12 nitrogen and oxygen atoms in total. The molecule has 0 spiro atoms. The first kappa shape index (κ1) is 30.8. The number of esters is 1. The molecule has 2 aromatic heterocycles. The zero-order valence-electron chi connectivity index (χ0n) is 24.8. The molecule has 0 fully saturated rings. The van der Waals surface area contributed by atoms with Crippen LogP contribution in [0.1, 0.15) is 37.3 Å². The summed E-state index contributed by atoms with van der Waals surface area (Å²) in [6.45, 7) is 4.17. The van der Waals surface area contributed by atoms with E-state index in [-0.39, 0.29) is 22.6 Å². The Kier molecular flexibility index (Phi) is 8.07. The number of carbonyl (C=O) groups is 1. The average molecular weight is 618 g/mol. The van der Waals surface area contributed by atoms with E-state index in [9.17, 15) is 39.9 Å². The van der Waals surface area contributed by atoms with E-state index in [0.29, 0.717) is 23.2 Å². The molecule has 0 aliphatic carbocycles. The number of ether oxygens (including phenoxy) is 2. The number of fused-ring (bicyclic) bond motifs is 2. The zero-order chi connectivity index (χ0) is 32.7. The number of aromatic hydroxyl groups is 5. The first-order valence-electron chi connectivity index (χ1n) is 13.9. The van der Waals surface area contributed by atoms with Crippen LogP contribution in [0.2, 0.25) is 0 Å². The highest BCUT2D eigenvalue weighted by Crippen LogP contribution is 2.45. The van der Waals surface area contributed by atoms with Crippen molar-refractivity contribution in [3.63, 3.8) is 0 Å². The SMILES string of the molecule is COC(=O)CC(c1cc2cc(OC)ccc2n(CC(C)C)c1=O)c1c(O)cc(O)c2c(=O)c(O)c(-c3ccc(O)c(O)c3)oc12. The second kappa shape index (κ2) is 11.8. The minimum Gasteiger partial charge on any atom is -0.507 e. The maximum atomic E-state index is 14.2. The molecule has 234 valence electrons. The highest BCUT2D eigenvalue weighted by Gasteiger charge is 2.32. The van der Waals surface area contributed by atoms with E-state index >= 15 is 0 Å². The molecular weight excluding hydrogens is 586 g/mol. The smallest absolute Gasteiger partial charge is 0.306 e. The average Bonchev–Trinajstić information content (AvgIpc) is 3.00. The fourth-order valence-corrected chi connectivity index (χ4v) is 5.47. The van der Waals surface area contributed by atoms with Crippen LogP contribution in [0.5, 0.6) is 34.5 Å². The summed E-state index contributed by atoms with van der Waals surface area (Å²) < 4.78 is 17.9. The summed E-state index contributed by atoms with van der Waals surface area (Å²) in [4.78, 5) is 40.5. The number of phenolic OH excluding ortho intramolecular Hbond substituents is 4. The van der Waals surface area contributed by atoms with Crippen molar-refractivity contribution in [3.05, 3.63) is 80.2 Å². The highest BCUT2D eigenvalue weighted by molar-refractivity contribution is 5.92. The second-order valence-corrected chi connectivity index (χ2v) is 11.0. The Morgan fingerprint density at radius 3 is 2.27 bits per heavy atom. The van der Waals surface area contributed by atoms with Gasteiger partial charge in [0, 0.05) is 40.6 Å². The molecule has 0 amide bonds. The third kappa shape index (κ3) is 5.46. The van der Waals surface area contributed by atoms with E-state index in [4.69, 9.17) is 13.9 Å². The quantitative estimate of drug-likeness (QED) is 0.120. The fraction of sp³-hybridized carbons (Fsp3) is 0.242. The largest absolute Gasteiger partial charge is 0.507 e. The number of rotatable bonds is 8. The summed E-state index contributed by atoms with van der Waals surface area (Å²) in [6.07, 6.45) is -0.490. The third-order valence-electron chi connectivity index (χ3n) is 7.57. The highest BCUT2D eigenvalue weighted by atomic mass is 16.5. The van der Waals surface area contributed by atoms with Gasteiger partial charge in [0.15, 0.2) is 17.3 Å². The standard InChI is InChI=1S/C33H31NO11/c1-15(2)14-34-21-7-6-18(43-3)9-17(21)10-20(33(34)42)19(12-26(39)44-4)27-24(37)13-25(38)28-29(40)30(41)31(45-32(27)28)16-5-8-22(35)23(36)11-16/h5-11,13,15,19,35-38,41H,12,14H2,1-4H3. The maximum absolute atomic E-state index is 14.2. The molecule has 5 aromatic rings. The number of hydrogen-bond acceptors (Lipinski definition) is 11. The number of hydrogen-bond donors (Lipinski definition) is 5. The molecule has 5 rings (SSSR count). The molecule has 0 aliphatic heterocycles. The van der Waals surface area contributed by atoms with Gasteiger partial charge < -0.3 is 44.0 Å². The van der Waals surface area contributed by atoms with Crippen LogP contribution in [-0.2, 0) is 16.1 Å². The molecule has 2 heterocycles. The van der Waals surface area contributed by atoms with Crippen LogP contribution >= 0.6 is 0 Å². The Balaban J connectivity index is 1.91. The van der Waals surface area contributed by atoms with Crippen LogP contribution in [0.15, 0.2) is 62.5 Å². The van der Waals surface area contributed by atoms with Gasteiger partial charge in [0.05, 0.1) is 26.2 Å². The van der Waals surface area contributed by atoms with E-state index in [2.05, 4.69) is 0 Å². The molecule has 0 radical (unpaired) electrons. The molecular formula is C33H31NO11. The number of carbonyl (C=O) groups excluding carboxylic acids is 1. The number of pyridine rings is 1. The first-order chi connectivity index (χ1) is 21.4. The zero-order valence-corrected chi connectivity index (χ0v) is 24.8. The van der Waals surface area contributed by atoms with Crippen molar-refractivity contribution in [2.45, 2.75) is 32.7 Å². The van der Waals surface area contributed by atoms with Crippen LogP contribution in [0.25, 0.3) is 33.2 Å².